The Labute approximate surface area is 170 Å². The Morgan fingerprint density at radius 3 is 2.59 bits per heavy atom. The number of nitrogens with two attached hydrogens (primary N) is 1. The summed E-state index contributed by atoms with van der Waals surface area (Å²) >= 11 is 0. The number of anilines is 3. The van der Waals surface area contributed by atoms with Crippen LogP contribution in [0, 0.1) is 0 Å². The van der Waals surface area contributed by atoms with Gasteiger partial charge in [0.1, 0.15) is 11.6 Å². The number of carbonyl (C=O) groups excluding carboxylic acids is 1. The van der Waals surface area contributed by atoms with Crippen molar-refractivity contribution in [2.75, 3.05) is 30.0 Å². The fraction of sp³-hybridized carbons (Fsp3) is 0.130. The van der Waals surface area contributed by atoms with Crippen molar-refractivity contribution in [1.82, 2.24) is 4.98 Å². The van der Waals surface area contributed by atoms with Gasteiger partial charge in [-0.25, -0.2) is 4.98 Å². The van der Waals surface area contributed by atoms with Crippen LogP contribution in [-0.2, 0) is 11.2 Å². The average molecular weight is 388 g/mol. The number of para-hydroxylation sites is 2. The molecule has 0 aliphatic heterocycles. The first-order valence-electron chi connectivity index (χ1n) is 9.30. The van der Waals surface area contributed by atoms with E-state index in [9.17, 15) is 4.79 Å². The van der Waals surface area contributed by atoms with E-state index in [2.05, 4.69) is 27.8 Å². The zero-order valence-electron chi connectivity index (χ0n) is 16.3. The third-order valence-electron chi connectivity index (χ3n) is 4.31. The van der Waals surface area contributed by atoms with Crippen LogP contribution in [0.5, 0.6) is 5.75 Å². The number of nitrogens with zero attached hydrogens (tertiary/aromatic N) is 1. The number of pyridine rings is 1. The molecule has 0 saturated carbocycles. The summed E-state index contributed by atoms with van der Waals surface area (Å²) in [7, 11) is 1.66. The summed E-state index contributed by atoms with van der Waals surface area (Å²) in [5.41, 5.74) is 9.00. The normalized spacial score (nSPS) is 10.7. The van der Waals surface area contributed by atoms with Gasteiger partial charge in [-0.2, -0.15) is 0 Å². The molecule has 0 atom stereocenters. The van der Waals surface area contributed by atoms with E-state index >= 15 is 0 Å². The number of aromatic nitrogens is 1. The van der Waals surface area contributed by atoms with E-state index in [1.54, 1.807) is 31.5 Å². The van der Waals surface area contributed by atoms with Gasteiger partial charge in [0.2, 0.25) is 5.91 Å². The second-order valence-electron chi connectivity index (χ2n) is 6.41. The SMILES string of the molecule is COc1ccc(CCNc2ccc(/C=C\C(=O)Nc3ccccc3N)cn2)cc1. The van der Waals surface area contributed by atoms with Crippen molar-refractivity contribution >= 4 is 29.2 Å². The highest BCUT2D eigenvalue weighted by molar-refractivity contribution is 6.03. The summed E-state index contributed by atoms with van der Waals surface area (Å²) in [6.07, 6.45) is 5.77. The number of hydrogen-bond acceptors (Lipinski definition) is 5. The van der Waals surface area contributed by atoms with Crippen LogP contribution < -0.4 is 21.1 Å². The summed E-state index contributed by atoms with van der Waals surface area (Å²) in [6, 6.07) is 18.9. The predicted molar refractivity (Wildman–Crippen MR) is 118 cm³/mol. The Balaban J connectivity index is 1.47. The summed E-state index contributed by atoms with van der Waals surface area (Å²) in [5, 5.41) is 6.04. The standard InChI is InChI=1S/C23H24N4O2/c1-29-19-10-6-17(7-11-19)14-15-25-22-12-8-18(16-26-22)9-13-23(28)27-21-5-3-2-4-20(21)24/h2-13,16H,14-15,24H2,1H3,(H,25,26)(H,27,28)/b13-9-. The van der Waals surface area contributed by atoms with Crippen LogP contribution >= 0.6 is 0 Å². The highest BCUT2D eigenvalue weighted by Crippen LogP contribution is 2.17. The molecular weight excluding hydrogens is 364 g/mol. The maximum atomic E-state index is 12.0. The molecule has 2 aromatic carbocycles. The zero-order valence-corrected chi connectivity index (χ0v) is 16.3. The number of methoxy groups -OCH3 is 1. The van der Waals surface area contributed by atoms with Crippen molar-refractivity contribution < 1.29 is 9.53 Å². The Morgan fingerprint density at radius 2 is 1.90 bits per heavy atom. The fourth-order valence-corrected chi connectivity index (χ4v) is 2.69. The molecule has 29 heavy (non-hydrogen) atoms. The number of ether oxygens (including phenoxy) is 1. The summed E-state index contributed by atoms with van der Waals surface area (Å²) < 4.78 is 5.16. The molecule has 4 N–H and O–H groups in total. The Kier molecular flexibility index (Phi) is 6.84. The van der Waals surface area contributed by atoms with Crippen LogP contribution in [0.2, 0.25) is 0 Å². The lowest BCUT2D eigenvalue weighted by atomic mass is 10.1. The number of hydrogen-bond donors (Lipinski definition) is 3. The van der Waals surface area contributed by atoms with Gasteiger partial charge in [-0.3, -0.25) is 4.79 Å². The van der Waals surface area contributed by atoms with Crippen molar-refractivity contribution in [3.05, 3.63) is 84.1 Å². The minimum absolute atomic E-state index is 0.246. The number of nitrogens with one attached hydrogen (secondary N) is 2. The van der Waals surface area contributed by atoms with E-state index < -0.39 is 0 Å². The molecule has 1 heterocycles. The Hall–Kier alpha value is -3.80. The van der Waals surface area contributed by atoms with Crippen LogP contribution in [-0.4, -0.2) is 24.5 Å². The molecule has 0 spiro atoms. The molecule has 0 fully saturated rings. The van der Waals surface area contributed by atoms with Gasteiger partial charge in [0.15, 0.2) is 0 Å². The first kappa shape index (κ1) is 19.9. The van der Waals surface area contributed by atoms with Gasteiger partial charge >= 0.3 is 0 Å². The molecule has 0 bridgehead atoms. The van der Waals surface area contributed by atoms with Gasteiger partial charge in [-0.15, -0.1) is 0 Å². The van der Waals surface area contributed by atoms with E-state index in [1.807, 2.05) is 36.4 Å². The summed E-state index contributed by atoms with van der Waals surface area (Å²) in [6.45, 7) is 0.773. The van der Waals surface area contributed by atoms with Crippen molar-refractivity contribution in [3.8, 4) is 5.75 Å². The topological polar surface area (TPSA) is 89.3 Å². The highest BCUT2D eigenvalue weighted by Gasteiger charge is 2.01. The van der Waals surface area contributed by atoms with Crippen LogP contribution in [0.15, 0.2) is 72.9 Å². The first-order chi connectivity index (χ1) is 14.1. The second kappa shape index (κ2) is 9.94. The lowest BCUT2D eigenvalue weighted by Crippen LogP contribution is -2.09. The predicted octanol–water partition coefficient (Wildman–Crippen LogP) is 3.98. The van der Waals surface area contributed by atoms with E-state index in [-0.39, 0.29) is 5.91 Å². The minimum atomic E-state index is -0.246. The summed E-state index contributed by atoms with van der Waals surface area (Å²) in [5.74, 6) is 1.40. The van der Waals surface area contributed by atoms with Crippen molar-refractivity contribution in [3.63, 3.8) is 0 Å². The lowest BCUT2D eigenvalue weighted by Gasteiger charge is -2.07. The molecule has 0 saturated heterocycles. The van der Waals surface area contributed by atoms with Gasteiger partial charge in [0.05, 0.1) is 18.5 Å². The largest absolute Gasteiger partial charge is 0.497 e. The fourth-order valence-electron chi connectivity index (χ4n) is 2.69. The Morgan fingerprint density at radius 1 is 1.10 bits per heavy atom. The first-order valence-corrected chi connectivity index (χ1v) is 9.30. The van der Waals surface area contributed by atoms with E-state index in [0.29, 0.717) is 11.4 Å². The van der Waals surface area contributed by atoms with Gasteiger partial charge < -0.3 is 21.1 Å². The Bertz CT molecular complexity index is 967. The molecule has 0 unspecified atom stereocenters. The molecular formula is C23H24N4O2. The zero-order chi connectivity index (χ0) is 20.5. The quantitative estimate of drug-likeness (QED) is 0.401. The molecule has 6 heteroatoms. The second-order valence-corrected chi connectivity index (χ2v) is 6.41. The van der Waals surface area contributed by atoms with Gasteiger partial charge in [-0.1, -0.05) is 24.3 Å². The third-order valence-corrected chi connectivity index (χ3v) is 4.31. The third kappa shape index (κ3) is 6.10. The smallest absolute Gasteiger partial charge is 0.248 e. The molecule has 148 valence electrons. The van der Waals surface area contributed by atoms with Crippen molar-refractivity contribution in [2.24, 2.45) is 0 Å². The minimum Gasteiger partial charge on any atom is -0.497 e. The molecule has 1 amide bonds. The molecule has 3 aromatic rings. The molecule has 0 aliphatic carbocycles. The average Bonchev–Trinajstić information content (AvgIpc) is 2.75. The van der Waals surface area contributed by atoms with Crippen LogP contribution in [0.3, 0.4) is 0 Å². The van der Waals surface area contributed by atoms with Crippen LogP contribution in [0.25, 0.3) is 6.08 Å². The number of rotatable bonds is 8. The maximum Gasteiger partial charge on any atom is 0.248 e. The molecule has 0 radical (unpaired) electrons. The van der Waals surface area contributed by atoms with Crippen molar-refractivity contribution in [2.45, 2.75) is 6.42 Å². The number of nitrogen functional groups attached to an aromatic ring is 1. The molecule has 3 rings (SSSR count). The number of carbonyl (C=O) groups is 1. The van der Waals surface area contributed by atoms with E-state index in [4.69, 9.17) is 10.5 Å². The molecule has 6 nitrogen and oxygen atoms in total. The van der Waals surface area contributed by atoms with Gasteiger partial charge in [-0.05, 0) is 60.0 Å². The highest BCUT2D eigenvalue weighted by atomic mass is 16.5. The van der Waals surface area contributed by atoms with Crippen LogP contribution in [0.4, 0.5) is 17.2 Å². The number of benzene rings is 2. The molecule has 1 aromatic heterocycles. The van der Waals surface area contributed by atoms with Gasteiger partial charge in [0, 0.05) is 18.8 Å². The molecule has 0 aliphatic rings. The van der Waals surface area contributed by atoms with Crippen molar-refractivity contribution in [1.29, 1.82) is 0 Å². The van der Waals surface area contributed by atoms with Gasteiger partial charge in [0.25, 0.3) is 0 Å². The van der Waals surface area contributed by atoms with E-state index in [1.165, 1.54) is 11.6 Å². The summed E-state index contributed by atoms with van der Waals surface area (Å²) in [4.78, 5) is 16.4. The number of amides is 1. The monoisotopic (exact) mass is 388 g/mol. The maximum absolute atomic E-state index is 12.0. The van der Waals surface area contributed by atoms with Crippen LogP contribution in [0.1, 0.15) is 11.1 Å². The van der Waals surface area contributed by atoms with E-state index in [0.717, 1.165) is 30.1 Å². The lowest BCUT2D eigenvalue weighted by molar-refractivity contribution is -0.111.